The van der Waals surface area contributed by atoms with Crippen LogP contribution in [0, 0.1) is 12.3 Å². The Kier molecular flexibility index (Phi) is 5.26. The van der Waals surface area contributed by atoms with Crippen molar-refractivity contribution in [3.05, 3.63) is 59.7 Å². The molecule has 0 radical (unpaired) electrons. The van der Waals surface area contributed by atoms with E-state index in [0.717, 1.165) is 11.3 Å². The Balaban J connectivity index is 1.71. The highest BCUT2D eigenvalue weighted by molar-refractivity contribution is 7.89. The number of hydrogen-bond acceptors (Lipinski definition) is 4. The molecule has 1 atom stereocenters. The fourth-order valence-corrected chi connectivity index (χ4v) is 3.69. The van der Waals surface area contributed by atoms with Gasteiger partial charge in [0.2, 0.25) is 10.0 Å². The molecule has 1 amide bonds. The highest BCUT2D eigenvalue weighted by atomic mass is 32.2. The molecule has 0 spiro atoms. The maximum absolute atomic E-state index is 12.5. The summed E-state index contributed by atoms with van der Waals surface area (Å²) in [7, 11) is -3.75. The van der Waals surface area contributed by atoms with Crippen molar-refractivity contribution in [1.29, 1.82) is 0 Å². The molecule has 0 saturated carbocycles. The Bertz CT molecular complexity index is 963. The van der Waals surface area contributed by atoms with Crippen LogP contribution in [0.2, 0.25) is 0 Å². The van der Waals surface area contributed by atoms with E-state index in [-0.39, 0.29) is 29.0 Å². The van der Waals surface area contributed by atoms with Crippen LogP contribution in [0.25, 0.3) is 0 Å². The molecule has 6 nitrogen and oxygen atoms in total. The number of para-hydroxylation sites is 1. The van der Waals surface area contributed by atoms with Crippen molar-refractivity contribution in [1.82, 2.24) is 10.0 Å². The number of carbonyl (C=O) groups is 1. The smallest absolute Gasteiger partial charge is 0.251 e. The first-order valence-electron chi connectivity index (χ1n) is 8.04. The zero-order chi connectivity index (χ0) is 18.6. The SMILES string of the molecule is C#CCNS(=O)(=O)c1cccc(C(=O)NC2COc3ccccc3C2)c1. The van der Waals surface area contributed by atoms with E-state index in [2.05, 4.69) is 16.0 Å². The number of ether oxygens (including phenoxy) is 1. The summed E-state index contributed by atoms with van der Waals surface area (Å²) < 4.78 is 32.2. The lowest BCUT2D eigenvalue weighted by atomic mass is 10.0. The topological polar surface area (TPSA) is 84.5 Å². The van der Waals surface area contributed by atoms with Crippen LogP contribution >= 0.6 is 0 Å². The van der Waals surface area contributed by atoms with Crippen LogP contribution in [0.5, 0.6) is 5.75 Å². The molecule has 7 heteroatoms. The monoisotopic (exact) mass is 370 g/mol. The standard InChI is InChI=1S/C19H18N2O4S/c1-2-10-20-26(23,24)17-8-5-7-15(12-17)19(22)21-16-11-14-6-3-4-9-18(14)25-13-16/h1,3-9,12,16,20H,10-11,13H2,(H,21,22). The summed E-state index contributed by atoms with van der Waals surface area (Å²) >= 11 is 0. The van der Waals surface area contributed by atoms with Gasteiger partial charge in [0.05, 0.1) is 17.5 Å². The Morgan fingerprint density at radius 2 is 2.04 bits per heavy atom. The third kappa shape index (κ3) is 4.04. The fraction of sp³-hybridized carbons (Fsp3) is 0.211. The van der Waals surface area contributed by atoms with Gasteiger partial charge in [-0.25, -0.2) is 8.42 Å². The van der Waals surface area contributed by atoms with E-state index < -0.39 is 10.0 Å². The van der Waals surface area contributed by atoms with Crippen molar-refractivity contribution >= 4 is 15.9 Å². The van der Waals surface area contributed by atoms with Crippen LogP contribution in [0.3, 0.4) is 0 Å². The third-order valence-electron chi connectivity index (χ3n) is 3.98. The van der Waals surface area contributed by atoms with Gasteiger partial charge in [0.15, 0.2) is 0 Å². The van der Waals surface area contributed by atoms with Gasteiger partial charge in [-0.05, 0) is 36.2 Å². The van der Waals surface area contributed by atoms with Crippen molar-refractivity contribution in [2.24, 2.45) is 0 Å². The maximum atomic E-state index is 12.5. The molecule has 2 aromatic carbocycles. The van der Waals surface area contributed by atoms with Gasteiger partial charge >= 0.3 is 0 Å². The van der Waals surface area contributed by atoms with Crippen LogP contribution in [0.15, 0.2) is 53.4 Å². The minimum atomic E-state index is -3.75. The molecule has 0 aliphatic carbocycles. The van der Waals surface area contributed by atoms with E-state index >= 15 is 0 Å². The van der Waals surface area contributed by atoms with Crippen LogP contribution < -0.4 is 14.8 Å². The minimum absolute atomic E-state index is 0.00867. The van der Waals surface area contributed by atoms with Crippen molar-refractivity contribution in [2.45, 2.75) is 17.4 Å². The summed E-state index contributed by atoms with van der Waals surface area (Å²) in [6.45, 7) is 0.252. The van der Waals surface area contributed by atoms with Gasteiger partial charge in [0.1, 0.15) is 12.4 Å². The van der Waals surface area contributed by atoms with Gasteiger partial charge in [-0.3, -0.25) is 4.79 Å². The van der Waals surface area contributed by atoms with Crippen molar-refractivity contribution in [2.75, 3.05) is 13.2 Å². The van der Waals surface area contributed by atoms with Gasteiger partial charge in [-0.2, -0.15) is 4.72 Å². The molecule has 2 N–H and O–H groups in total. The largest absolute Gasteiger partial charge is 0.491 e. The number of carbonyl (C=O) groups excluding carboxylic acids is 1. The van der Waals surface area contributed by atoms with Gasteiger partial charge < -0.3 is 10.1 Å². The van der Waals surface area contributed by atoms with Crippen LogP contribution in [-0.4, -0.2) is 33.5 Å². The molecular weight excluding hydrogens is 352 g/mol. The lowest BCUT2D eigenvalue weighted by molar-refractivity contribution is 0.0915. The summed E-state index contributed by atoms with van der Waals surface area (Å²) in [6, 6.07) is 13.3. The first-order chi connectivity index (χ1) is 12.5. The maximum Gasteiger partial charge on any atom is 0.251 e. The first-order valence-corrected chi connectivity index (χ1v) is 9.52. The van der Waals surface area contributed by atoms with Crippen molar-refractivity contribution in [3.8, 4) is 18.1 Å². The molecular formula is C19H18N2O4S. The summed E-state index contributed by atoms with van der Waals surface area (Å²) in [5.41, 5.74) is 1.28. The lowest BCUT2D eigenvalue weighted by Crippen LogP contribution is -2.42. The van der Waals surface area contributed by atoms with Gasteiger partial charge in [0, 0.05) is 5.56 Å². The Morgan fingerprint density at radius 1 is 1.23 bits per heavy atom. The molecule has 0 aromatic heterocycles. The highest BCUT2D eigenvalue weighted by Crippen LogP contribution is 2.24. The molecule has 0 bridgehead atoms. The zero-order valence-corrected chi connectivity index (χ0v) is 14.8. The van der Waals surface area contributed by atoms with E-state index in [1.165, 1.54) is 18.2 Å². The number of benzene rings is 2. The van der Waals surface area contributed by atoms with E-state index in [0.29, 0.717) is 13.0 Å². The van der Waals surface area contributed by atoms with Gasteiger partial charge in [-0.15, -0.1) is 6.42 Å². The molecule has 1 aliphatic heterocycles. The Labute approximate surface area is 152 Å². The Hall–Kier alpha value is -2.82. The van der Waals surface area contributed by atoms with Crippen LogP contribution in [-0.2, 0) is 16.4 Å². The summed E-state index contributed by atoms with van der Waals surface area (Å²) in [5.74, 6) is 2.68. The highest BCUT2D eigenvalue weighted by Gasteiger charge is 2.22. The van der Waals surface area contributed by atoms with E-state index in [1.54, 1.807) is 6.07 Å². The predicted octanol–water partition coefficient (Wildman–Crippen LogP) is 1.33. The number of sulfonamides is 1. The van der Waals surface area contributed by atoms with Crippen molar-refractivity contribution in [3.63, 3.8) is 0 Å². The number of rotatable bonds is 5. The lowest BCUT2D eigenvalue weighted by Gasteiger charge is -2.26. The number of fused-ring (bicyclic) bond motifs is 1. The molecule has 3 rings (SSSR count). The first kappa shape index (κ1) is 18.0. The third-order valence-corrected chi connectivity index (χ3v) is 5.38. The molecule has 0 fully saturated rings. The zero-order valence-electron chi connectivity index (χ0n) is 13.9. The summed E-state index contributed by atoms with van der Waals surface area (Å²) in [5, 5.41) is 2.89. The van der Waals surface area contributed by atoms with Gasteiger partial charge in [0.25, 0.3) is 5.91 Å². The number of amides is 1. The molecule has 1 unspecified atom stereocenters. The Morgan fingerprint density at radius 3 is 2.85 bits per heavy atom. The second kappa shape index (κ2) is 7.60. The number of nitrogens with one attached hydrogen (secondary N) is 2. The summed E-state index contributed by atoms with van der Waals surface area (Å²) in [6.07, 6.45) is 5.73. The quantitative estimate of drug-likeness (QED) is 0.778. The average Bonchev–Trinajstić information content (AvgIpc) is 2.66. The van der Waals surface area contributed by atoms with E-state index in [1.807, 2.05) is 24.3 Å². The average molecular weight is 370 g/mol. The van der Waals surface area contributed by atoms with Crippen molar-refractivity contribution < 1.29 is 17.9 Å². The minimum Gasteiger partial charge on any atom is -0.491 e. The molecule has 1 aliphatic rings. The van der Waals surface area contributed by atoms with E-state index in [9.17, 15) is 13.2 Å². The molecule has 1 heterocycles. The number of terminal acetylenes is 1. The second-order valence-corrected chi connectivity index (χ2v) is 7.62. The van der Waals surface area contributed by atoms with Gasteiger partial charge in [-0.1, -0.05) is 30.2 Å². The molecule has 2 aromatic rings. The van der Waals surface area contributed by atoms with Crippen LogP contribution in [0.4, 0.5) is 0 Å². The molecule has 134 valence electrons. The normalized spacial score (nSPS) is 16.0. The molecule has 26 heavy (non-hydrogen) atoms. The number of hydrogen-bond donors (Lipinski definition) is 2. The van der Waals surface area contributed by atoms with Crippen LogP contribution in [0.1, 0.15) is 15.9 Å². The second-order valence-electron chi connectivity index (χ2n) is 5.85. The van der Waals surface area contributed by atoms with E-state index in [4.69, 9.17) is 11.2 Å². The predicted molar refractivity (Wildman–Crippen MR) is 97.4 cm³/mol. The molecule has 0 saturated heterocycles. The fourth-order valence-electron chi connectivity index (χ4n) is 2.71. The summed E-state index contributed by atoms with van der Waals surface area (Å²) in [4.78, 5) is 12.5.